The van der Waals surface area contributed by atoms with E-state index in [2.05, 4.69) is 0 Å². The topological polar surface area (TPSA) is 83.9 Å². The maximum atomic E-state index is 12.6. The summed E-state index contributed by atoms with van der Waals surface area (Å²) in [6.45, 7) is 2.22. The van der Waals surface area contributed by atoms with E-state index < -0.39 is 21.6 Å². The van der Waals surface area contributed by atoms with Gasteiger partial charge in [-0.05, 0) is 11.5 Å². The van der Waals surface area contributed by atoms with E-state index in [1.54, 1.807) is 0 Å². The highest BCUT2D eigenvalue weighted by Gasteiger charge is 2.44. The first-order chi connectivity index (χ1) is 10.8. The number of carboxylic acid groups (broad SMARTS) is 1. The van der Waals surface area contributed by atoms with Crippen molar-refractivity contribution >= 4 is 16.0 Å². The Bertz CT molecular complexity index is 636. The van der Waals surface area contributed by atoms with Crippen molar-refractivity contribution in [2.24, 2.45) is 0 Å². The molecule has 6 nitrogen and oxygen atoms in total. The second-order valence-corrected chi connectivity index (χ2v) is 8.01. The number of nitrogens with zero attached hydrogens (tertiary/aromatic N) is 1. The molecule has 1 aliphatic heterocycles. The summed E-state index contributed by atoms with van der Waals surface area (Å²) < 4.78 is 31.7. The lowest BCUT2D eigenvalue weighted by atomic mass is 9.92. The smallest absolute Gasteiger partial charge is 0.336 e. The zero-order valence-electron chi connectivity index (χ0n) is 13.4. The van der Waals surface area contributed by atoms with Gasteiger partial charge in [0.1, 0.15) is 0 Å². The Hall–Kier alpha value is -1.44. The van der Waals surface area contributed by atoms with E-state index in [0.717, 1.165) is 5.56 Å². The van der Waals surface area contributed by atoms with E-state index in [1.165, 1.54) is 11.4 Å². The van der Waals surface area contributed by atoms with Gasteiger partial charge in [-0.3, -0.25) is 0 Å². The SMILES string of the molecule is COC1(C(=O)O)CCN(S(=O)(=O)CC(C)c2ccccc2)CC1. The lowest BCUT2D eigenvalue weighted by Gasteiger charge is -2.37. The van der Waals surface area contributed by atoms with Crippen LogP contribution in [0, 0.1) is 0 Å². The number of aliphatic carboxylic acids is 1. The fraction of sp³-hybridized carbons (Fsp3) is 0.562. The van der Waals surface area contributed by atoms with Crippen LogP contribution in [0.4, 0.5) is 0 Å². The summed E-state index contributed by atoms with van der Waals surface area (Å²) in [6.07, 6.45) is 0.329. The van der Waals surface area contributed by atoms with Crippen molar-refractivity contribution in [2.75, 3.05) is 26.0 Å². The molecule has 0 spiro atoms. The van der Waals surface area contributed by atoms with E-state index in [0.29, 0.717) is 0 Å². The Balaban J connectivity index is 2.03. The number of sulfonamides is 1. The second kappa shape index (κ2) is 6.98. The second-order valence-electron chi connectivity index (χ2n) is 5.99. The number of ether oxygens (including phenoxy) is 1. The third-order valence-electron chi connectivity index (χ3n) is 4.53. The third kappa shape index (κ3) is 3.91. The molecule has 0 amide bonds. The minimum absolute atomic E-state index is 0.0179. The van der Waals surface area contributed by atoms with Crippen LogP contribution in [0.1, 0.15) is 31.2 Å². The van der Waals surface area contributed by atoms with E-state index in [1.807, 2.05) is 37.3 Å². The van der Waals surface area contributed by atoms with Gasteiger partial charge in [0.2, 0.25) is 10.0 Å². The van der Waals surface area contributed by atoms with Crippen molar-refractivity contribution in [1.82, 2.24) is 4.31 Å². The van der Waals surface area contributed by atoms with E-state index in [4.69, 9.17) is 4.74 Å². The number of hydrogen-bond acceptors (Lipinski definition) is 4. The molecule has 7 heteroatoms. The number of hydrogen-bond donors (Lipinski definition) is 1. The van der Waals surface area contributed by atoms with Gasteiger partial charge in [-0.1, -0.05) is 37.3 Å². The maximum Gasteiger partial charge on any atom is 0.336 e. The van der Waals surface area contributed by atoms with Gasteiger partial charge in [0.05, 0.1) is 5.75 Å². The minimum Gasteiger partial charge on any atom is -0.479 e. The first-order valence-electron chi connectivity index (χ1n) is 7.62. The molecule has 1 unspecified atom stereocenters. The highest BCUT2D eigenvalue weighted by Crippen LogP contribution is 2.29. The fourth-order valence-electron chi connectivity index (χ4n) is 2.93. The summed E-state index contributed by atoms with van der Waals surface area (Å²) in [5, 5.41) is 9.28. The quantitative estimate of drug-likeness (QED) is 0.851. The number of rotatable bonds is 6. The molecule has 0 aliphatic carbocycles. The Kier molecular flexibility index (Phi) is 5.44. The summed E-state index contributed by atoms with van der Waals surface area (Å²) >= 11 is 0. The molecule has 1 aliphatic rings. The van der Waals surface area contributed by atoms with Crippen LogP contribution < -0.4 is 0 Å². The molecule has 1 fully saturated rings. The lowest BCUT2D eigenvalue weighted by molar-refractivity contribution is -0.166. The average molecular weight is 341 g/mol. The summed E-state index contributed by atoms with van der Waals surface area (Å²) in [4.78, 5) is 11.3. The van der Waals surface area contributed by atoms with Gasteiger partial charge in [0, 0.05) is 33.0 Å². The van der Waals surface area contributed by atoms with Crippen LogP contribution in [0.5, 0.6) is 0 Å². The van der Waals surface area contributed by atoms with Crippen LogP contribution in [0.15, 0.2) is 30.3 Å². The molecule has 1 heterocycles. The van der Waals surface area contributed by atoms with Crippen LogP contribution >= 0.6 is 0 Å². The summed E-state index contributed by atoms with van der Waals surface area (Å²) in [7, 11) is -2.07. The number of methoxy groups -OCH3 is 1. The molecule has 0 bridgehead atoms. The van der Waals surface area contributed by atoms with E-state index in [-0.39, 0.29) is 37.6 Å². The van der Waals surface area contributed by atoms with Crippen LogP contribution in [0.25, 0.3) is 0 Å². The van der Waals surface area contributed by atoms with Crippen LogP contribution in [0.2, 0.25) is 0 Å². The van der Waals surface area contributed by atoms with Crippen LogP contribution in [-0.4, -0.2) is 55.4 Å². The van der Waals surface area contributed by atoms with Gasteiger partial charge in [0.15, 0.2) is 5.60 Å². The van der Waals surface area contributed by atoms with Crippen molar-refractivity contribution in [2.45, 2.75) is 31.3 Å². The molecule has 0 saturated carbocycles. The van der Waals surface area contributed by atoms with Crippen LogP contribution in [0.3, 0.4) is 0 Å². The first kappa shape index (κ1) is 17.9. The zero-order valence-corrected chi connectivity index (χ0v) is 14.3. The molecule has 128 valence electrons. The number of benzene rings is 1. The number of carboxylic acids is 1. The van der Waals surface area contributed by atoms with Gasteiger partial charge in [0.25, 0.3) is 0 Å². The van der Waals surface area contributed by atoms with Crippen molar-refractivity contribution in [3.63, 3.8) is 0 Å². The van der Waals surface area contributed by atoms with E-state index in [9.17, 15) is 18.3 Å². The third-order valence-corrected chi connectivity index (χ3v) is 6.61. The first-order valence-corrected chi connectivity index (χ1v) is 9.23. The van der Waals surface area contributed by atoms with Gasteiger partial charge < -0.3 is 9.84 Å². The van der Waals surface area contributed by atoms with Gasteiger partial charge in [-0.25, -0.2) is 17.5 Å². The zero-order chi connectivity index (χ0) is 17.1. The molecule has 1 N–H and O–H groups in total. The fourth-order valence-corrected chi connectivity index (χ4v) is 4.70. The summed E-state index contributed by atoms with van der Waals surface area (Å²) in [5.41, 5.74) is -0.290. The summed E-state index contributed by atoms with van der Waals surface area (Å²) in [6, 6.07) is 9.50. The monoisotopic (exact) mass is 341 g/mol. The van der Waals surface area contributed by atoms with Crippen molar-refractivity contribution < 1.29 is 23.1 Å². The molecule has 2 rings (SSSR count). The maximum absolute atomic E-state index is 12.6. The lowest BCUT2D eigenvalue weighted by Crippen LogP contribution is -2.52. The molecule has 0 radical (unpaired) electrons. The van der Waals surface area contributed by atoms with Crippen LogP contribution in [-0.2, 0) is 19.6 Å². The van der Waals surface area contributed by atoms with Gasteiger partial charge in [-0.2, -0.15) is 0 Å². The molecule has 1 aromatic rings. The molecule has 0 aromatic heterocycles. The van der Waals surface area contributed by atoms with Crippen molar-refractivity contribution in [1.29, 1.82) is 0 Å². The highest BCUT2D eigenvalue weighted by molar-refractivity contribution is 7.89. The molecular weight excluding hydrogens is 318 g/mol. The normalized spacial score (nSPS) is 20.1. The predicted molar refractivity (Wildman–Crippen MR) is 86.8 cm³/mol. The molecule has 23 heavy (non-hydrogen) atoms. The van der Waals surface area contributed by atoms with Crippen molar-refractivity contribution in [3.05, 3.63) is 35.9 Å². The Morgan fingerprint density at radius 1 is 1.30 bits per heavy atom. The standard InChI is InChI=1S/C16H23NO5S/c1-13(14-6-4-3-5-7-14)12-23(20,21)17-10-8-16(22-2,9-11-17)15(18)19/h3-7,13H,8-12H2,1-2H3,(H,18,19). The predicted octanol–water partition coefficient (Wildman–Crippen LogP) is 1.69. The largest absolute Gasteiger partial charge is 0.479 e. The average Bonchev–Trinajstić information content (AvgIpc) is 2.55. The van der Waals surface area contributed by atoms with Gasteiger partial charge >= 0.3 is 5.97 Å². The number of carbonyl (C=O) groups is 1. The molecule has 1 saturated heterocycles. The Labute approximate surface area is 137 Å². The molecular formula is C16H23NO5S. The van der Waals surface area contributed by atoms with Crippen molar-refractivity contribution in [3.8, 4) is 0 Å². The molecule has 1 aromatic carbocycles. The Morgan fingerprint density at radius 3 is 2.35 bits per heavy atom. The number of piperidine rings is 1. The minimum atomic E-state index is -3.43. The Morgan fingerprint density at radius 2 is 1.87 bits per heavy atom. The van der Waals surface area contributed by atoms with Gasteiger partial charge in [-0.15, -0.1) is 0 Å². The highest BCUT2D eigenvalue weighted by atomic mass is 32.2. The molecule has 1 atom stereocenters. The van der Waals surface area contributed by atoms with E-state index >= 15 is 0 Å². The summed E-state index contributed by atoms with van der Waals surface area (Å²) in [5.74, 6) is -1.13.